The van der Waals surface area contributed by atoms with Gasteiger partial charge in [0, 0.05) is 12.6 Å². The summed E-state index contributed by atoms with van der Waals surface area (Å²) in [6.45, 7) is 3.31. The third-order valence-corrected chi connectivity index (χ3v) is 3.32. The zero-order valence-electron chi connectivity index (χ0n) is 8.66. The van der Waals surface area contributed by atoms with Crippen LogP contribution < -0.4 is 5.73 Å². The Morgan fingerprint density at radius 1 is 1.64 bits per heavy atom. The van der Waals surface area contributed by atoms with Crippen molar-refractivity contribution in [1.29, 1.82) is 0 Å². The second-order valence-corrected chi connectivity index (χ2v) is 4.55. The number of amides is 1. The van der Waals surface area contributed by atoms with E-state index in [2.05, 4.69) is 0 Å². The summed E-state index contributed by atoms with van der Waals surface area (Å²) in [5.74, 6) is 0.126. The van der Waals surface area contributed by atoms with E-state index in [9.17, 15) is 4.79 Å². The molecule has 4 nitrogen and oxygen atoms in total. The molecule has 14 heavy (non-hydrogen) atoms. The highest BCUT2D eigenvalue weighted by atomic mass is 16.5. The molecular formula is C10H18N2O2. The molecule has 1 amide bonds. The molecule has 80 valence electrons. The van der Waals surface area contributed by atoms with E-state index in [1.807, 2.05) is 11.8 Å². The Hall–Kier alpha value is -0.610. The summed E-state index contributed by atoms with van der Waals surface area (Å²) in [7, 11) is 0. The van der Waals surface area contributed by atoms with Gasteiger partial charge in [0.1, 0.15) is 6.61 Å². The highest BCUT2D eigenvalue weighted by molar-refractivity contribution is 5.78. The number of morpholine rings is 1. The normalized spacial score (nSPS) is 34.4. The largest absolute Gasteiger partial charge is 0.362 e. The van der Waals surface area contributed by atoms with Crippen LogP contribution in [-0.4, -0.2) is 42.1 Å². The molecule has 1 saturated heterocycles. The highest BCUT2D eigenvalue weighted by Gasteiger charge is 2.39. The summed E-state index contributed by atoms with van der Waals surface area (Å²) in [6.07, 6.45) is 3.54. The Morgan fingerprint density at radius 3 is 2.86 bits per heavy atom. The van der Waals surface area contributed by atoms with E-state index in [1.165, 1.54) is 6.42 Å². The second kappa shape index (κ2) is 3.51. The molecule has 1 atom stereocenters. The number of ether oxygens (including phenoxy) is 1. The van der Waals surface area contributed by atoms with Gasteiger partial charge in [-0.25, -0.2) is 0 Å². The van der Waals surface area contributed by atoms with Gasteiger partial charge in [-0.15, -0.1) is 0 Å². The van der Waals surface area contributed by atoms with Gasteiger partial charge in [-0.3, -0.25) is 4.79 Å². The van der Waals surface area contributed by atoms with Crippen molar-refractivity contribution in [3.8, 4) is 0 Å². The van der Waals surface area contributed by atoms with Crippen LogP contribution in [0.3, 0.4) is 0 Å². The van der Waals surface area contributed by atoms with Crippen molar-refractivity contribution >= 4 is 5.91 Å². The van der Waals surface area contributed by atoms with E-state index < -0.39 is 0 Å². The minimum absolute atomic E-state index is 0.126. The van der Waals surface area contributed by atoms with Crippen LogP contribution >= 0.6 is 0 Å². The Bertz CT molecular complexity index is 240. The number of nitrogens with two attached hydrogens (primary N) is 1. The first kappa shape index (κ1) is 9.93. The predicted molar refractivity (Wildman–Crippen MR) is 52.8 cm³/mol. The van der Waals surface area contributed by atoms with Gasteiger partial charge in [-0.05, 0) is 26.2 Å². The van der Waals surface area contributed by atoms with Crippen LogP contribution in [0.5, 0.6) is 0 Å². The van der Waals surface area contributed by atoms with Crippen LogP contribution in [0, 0.1) is 0 Å². The van der Waals surface area contributed by atoms with Crippen molar-refractivity contribution in [3.63, 3.8) is 0 Å². The number of hydrogen-bond donors (Lipinski definition) is 1. The van der Waals surface area contributed by atoms with E-state index in [-0.39, 0.29) is 18.1 Å². The minimum atomic E-state index is -0.330. The molecular weight excluding hydrogens is 180 g/mol. The van der Waals surface area contributed by atoms with Crippen molar-refractivity contribution in [3.05, 3.63) is 0 Å². The third kappa shape index (κ3) is 1.64. The Labute approximate surface area is 84.4 Å². The molecule has 1 aliphatic heterocycles. The van der Waals surface area contributed by atoms with Gasteiger partial charge in [0.2, 0.25) is 5.91 Å². The molecule has 0 bridgehead atoms. The molecule has 2 N–H and O–H groups in total. The van der Waals surface area contributed by atoms with Gasteiger partial charge in [-0.2, -0.15) is 0 Å². The summed E-state index contributed by atoms with van der Waals surface area (Å²) in [5, 5.41) is 0. The van der Waals surface area contributed by atoms with Crippen molar-refractivity contribution in [2.75, 3.05) is 19.7 Å². The molecule has 1 unspecified atom stereocenters. The molecule has 2 fully saturated rings. The average molecular weight is 198 g/mol. The number of nitrogens with zero attached hydrogens (tertiary/aromatic N) is 1. The summed E-state index contributed by atoms with van der Waals surface area (Å²) in [6, 6.07) is 0.456. The number of hydrogen-bond acceptors (Lipinski definition) is 3. The number of carbonyl (C=O) groups is 1. The lowest BCUT2D eigenvalue weighted by Crippen LogP contribution is -2.60. The highest BCUT2D eigenvalue weighted by Crippen LogP contribution is 2.29. The third-order valence-electron chi connectivity index (χ3n) is 3.32. The first-order valence-electron chi connectivity index (χ1n) is 5.28. The first-order valence-corrected chi connectivity index (χ1v) is 5.28. The van der Waals surface area contributed by atoms with Crippen LogP contribution in [0.15, 0.2) is 0 Å². The lowest BCUT2D eigenvalue weighted by Gasteiger charge is -2.46. The predicted octanol–water partition coefficient (Wildman–Crippen LogP) is 0.115. The van der Waals surface area contributed by atoms with Crippen molar-refractivity contribution in [2.45, 2.75) is 37.8 Å². The zero-order chi connectivity index (χ0) is 10.2. The van der Waals surface area contributed by atoms with Gasteiger partial charge >= 0.3 is 0 Å². The maximum absolute atomic E-state index is 11.6. The second-order valence-electron chi connectivity index (χ2n) is 4.55. The number of rotatable bonds is 2. The molecule has 1 aliphatic carbocycles. The van der Waals surface area contributed by atoms with Crippen LogP contribution in [0.4, 0.5) is 0 Å². The summed E-state index contributed by atoms with van der Waals surface area (Å²) < 4.78 is 5.46. The fourth-order valence-electron chi connectivity index (χ4n) is 1.97. The summed E-state index contributed by atoms with van der Waals surface area (Å²) in [4.78, 5) is 13.6. The fraction of sp³-hybridized carbons (Fsp3) is 0.900. The van der Waals surface area contributed by atoms with E-state index in [4.69, 9.17) is 10.5 Å². The standard InChI is InChI=1S/C10H18N2O2/c1-10(6-11)7-12(8-3-2-4-8)9(13)5-14-10/h8H,2-7,11H2,1H3. The fourth-order valence-corrected chi connectivity index (χ4v) is 1.97. The Balaban J connectivity index is 2.02. The van der Waals surface area contributed by atoms with E-state index in [1.54, 1.807) is 0 Å². The molecule has 4 heteroatoms. The van der Waals surface area contributed by atoms with Crippen molar-refractivity contribution < 1.29 is 9.53 Å². The molecule has 0 aromatic carbocycles. The van der Waals surface area contributed by atoms with Gasteiger partial charge in [-0.1, -0.05) is 0 Å². The lowest BCUT2D eigenvalue weighted by molar-refractivity contribution is -0.166. The lowest BCUT2D eigenvalue weighted by atomic mass is 9.89. The zero-order valence-corrected chi connectivity index (χ0v) is 8.66. The summed E-state index contributed by atoms with van der Waals surface area (Å²) in [5.41, 5.74) is 5.31. The molecule has 1 heterocycles. The van der Waals surface area contributed by atoms with Crippen molar-refractivity contribution in [1.82, 2.24) is 4.90 Å². The quantitative estimate of drug-likeness (QED) is 0.685. The Kier molecular flexibility index (Phi) is 2.49. The van der Waals surface area contributed by atoms with Crippen LogP contribution in [0.2, 0.25) is 0 Å². The monoisotopic (exact) mass is 198 g/mol. The van der Waals surface area contributed by atoms with E-state index >= 15 is 0 Å². The van der Waals surface area contributed by atoms with Gasteiger partial charge in [0.05, 0.1) is 12.1 Å². The SMILES string of the molecule is CC1(CN)CN(C2CCC2)C(=O)CO1. The van der Waals surface area contributed by atoms with Crippen LogP contribution in [0.25, 0.3) is 0 Å². The van der Waals surface area contributed by atoms with Gasteiger partial charge < -0.3 is 15.4 Å². The van der Waals surface area contributed by atoms with E-state index in [0.29, 0.717) is 19.1 Å². The molecule has 1 saturated carbocycles. The first-order chi connectivity index (χ1) is 6.64. The molecule has 0 spiro atoms. The van der Waals surface area contributed by atoms with Crippen LogP contribution in [-0.2, 0) is 9.53 Å². The smallest absolute Gasteiger partial charge is 0.248 e. The maximum Gasteiger partial charge on any atom is 0.248 e. The number of carbonyl (C=O) groups excluding carboxylic acids is 1. The molecule has 0 radical (unpaired) electrons. The van der Waals surface area contributed by atoms with Gasteiger partial charge in [0.15, 0.2) is 0 Å². The summed E-state index contributed by atoms with van der Waals surface area (Å²) >= 11 is 0. The van der Waals surface area contributed by atoms with Crippen LogP contribution in [0.1, 0.15) is 26.2 Å². The molecule has 2 rings (SSSR count). The molecule has 0 aromatic rings. The Morgan fingerprint density at radius 2 is 2.36 bits per heavy atom. The van der Waals surface area contributed by atoms with Crippen molar-refractivity contribution in [2.24, 2.45) is 5.73 Å². The van der Waals surface area contributed by atoms with Gasteiger partial charge in [0.25, 0.3) is 0 Å². The van der Waals surface area contributed by atoms with E-state index in [0.717, 1.165) is 12.8 Å². The molecule has 0 aromatic heterocycles. The molecule has 2 aliphatic rings. The topological polar surface area (TPSA) is 55.6 Å². The average Bonchev–Trinajstić information content (AvgIpc) is 2.09. The maximum atomic E-state index is 11.6. The minimum Gasteiger partial charge on any atom is -0.362 e.